The van der Waals surface area contributed by atoms with Gasteiger partial charge in [0.15, 0.2) is 0 Å². The molecule has 0 aromatic heterocycles. The molecule has 2 rings (SSSR count). The highest BCUT2D eigenvalue weighted by atomic mass is 19.4. The second kappa shape index (κ2) is 4.84. The van der Waals surface area contributed by atoms with E-state index in [1.165, 1.54) is 0 Å². The number of halogens is 6. The highest BCUT2D eigenvalue weighted by Crippen LogP contribution is 2.30. The number of rotatable bonds is 1. The minimum absolute atomic E-state index is 0.00944. The number of nitrogens with zero attached hydrogens (tertiary/aromatic N) is 1. The van der Waals surface area contributed by atoms with Crippen molar-refractivity contribution in [2.24, 2.45) is 4.99 Å². The predicted octanol–water partition coefficient (Wildman–Crippen LogP) is 3.50. The smallest absolute Gasteiger partial charge is 0.362 e. The molecule has 1 N–H and O–H groups in total. The van der Waals surface area contributed by atoms with Crippen LogP contribution in [0, 0.1) is 0 Å². The lowest BCUT2D eigenvalue weighted by atomic mass is 10.1. The van der Waals surface area contributed by atoms with E-state index in [1.54, 1.807) is 0 Å². The lowest BCUT2D eigenvalue weighted by Gasteiger charge is -2.18. The Morgan fingerprint density at radius 1 is 0.900 bits per heavy atom. The maximum Gasteiger partial charge on any atom is 0.431 e. The molecule has 0 unspecified atom stereocenters. The van der Waals surface area contributed by atoms with Gasteiger partial charge in [0.25, 0.3) is 0 Å². The molecule has 0 amide bonds. The zero-order valence-corrected chi connectivity index (χ0v) is 9.81. The summed E-state index contributed by atoms with van der Waals surface area (Å²) in [5, 5.41) is 2.06. The van der Waals surface area contributed by atoms with Gasteiger partial charge in [0.1, 0.15) is 12.4 Å². The van der Waals surface area contributed by atoms with Crippen LogP contribution in [-0.2, 0) is 6.18 Å². The Bertz CT molecular complexity index is 551. The van der Waals surface area contributed by atoms with Crippen LogP contribution in [0.25, 0.3) is 0 Å². The Morgan fingerprint density at radius 2 is 1.50 bits per heavy atom. The van der Waals surface area contributed by atoms with Crippen LogP contribution in [0.5, 0.6) is 0 Å². The summed E-state index contributed by atoms with van der Waals surface area (Å²) in [7, 11) is 0. The summed E-state index contributed by atoms with van der Waals surface area (Å²) in [6.45, 7) is -0.276. The molecule has 1 aromatic carbocycles. The van der Waals surface area contributed by atoms with Crippen molar-refractivity contribution in [1.29, 1.82) is 0 Å². The van der Waals surface area contributed by atoms with Crippen LogP contribution in [0.3, 0.4) is 0 Å². The van der Waals surface area contributed by atoms with Crippen molar-refractivity contribution in [3.05, 3.63) is 47.2 Å². The molecule has 8 heteroatoms. The first-order chi connectivity index (χ1) is 9.18. The van der Waals surface area contributed by atoms with Crippen molar-refractivity contribution in [1.82, 2.24) is 5.32 Å². The van der Waals surface area contributed by atoms with Crippen molar-refractivity contribution in [2.75, 3.05) is 6.67 Å². The monoisotopic (exact) mass is 294 g/mol. The second-order valence-electron chi connectivity index (χ2n) is 4.01. The van der Waals surface area contributed by atoms with E-state index >= 15 is 0 Å². The maximum atomic E-state index is 12.5. The largest absolute Gasteiger partial charge is 0.431 e. The van der Waals surface area contributed by atoms with Crippen LogP contribution < -0.4 is 5.32 Å². The molecular weight excluding hydrogens is 286 g/mol. The number of aliphatic imine (C=N–C) groups is 1. The summed E-state index contributed by atoms with van der Waals surface area (Å²) in [5.74, 6) is 0. The number of allylic oxidation sites excluding steroid dienone is 2. The van der Waals surface area contributed by atoms with Gasteiger partial charge >= 0.3 is 12.4 Å². The molecule has 0 saturated carbocycles. The maximum absolute atomic E-state index is 12.5. The van der Waals surface area contributed by atoms with E-state index in [-0.39, 0.29) is 17.9 Å². The molecule has 108 valence electrons. The number of hydrogen-bond acceptors (Lipinski definition) is 2. The molecule has 0 spiro atoms. The van der Waals surface area contributed by atoms with Crippen LogP contribution in [-0.4, -0.2) is 18.6 Å². The fraction of sp³-hybridized carbons (Fsp3) is 0.250. The van der Waals surface area contributed by atoms with Gasteiger partial charge in [0.2, 0.25) is 0 Å². The van der Waals surface area contributed by atoms with Gasteiger partial charge in [0, 0.05) is 0 Å². The SMILES string of the molecule is FC(F)(F)C1=CC(c2ccc(C(F)(F)F)cc2)=NCN1. The standard InChI is InChI=1S/C12H8F6N2/c13-11(14,15)8-3-1-7(2-4-8)9-5-10(12(16,17)18)20-6-19-9/h1-5,20H,6H2. The van der Waals surface area contributed by atoms with E-state index in [0.29, 0.717) is 0 Å². The molecule has 1 aliphatic heterocycles. The van der Waals surface area contributed by atoms with Crippen molar-refractivity contribution in [3.63, 3.8) is 0 Å². The average Bonchev–Trinajstić information content (AvgIpc) is 2.37. The third-order valence-electron chi connectivity index (χ3n) is 2.61. The molecule has 0 saturated heterocycles. The van der Waals surface area contributed by atoms with Gasteiger partial charge in [-0.25, -0.2) is 0 Å². The molecule has 1 heterocycles. The lowest BCUT2D eigenvalue weighted by molar-refractivity contribution is -0.137. The molecule has 0 atom stereocenters. The molecule has 0 radical (unpaired) electrons. The highest BCUT2D eigenvalue weighted by Gasteiger charge is 2.35. The molecule has 20 heavy (non-hydrogen) atoms. The second-order valence-corrected chi connectivity index (χ2v) is 4.01. The van der Waals surface area contributed by atoms with Crippen molar-refractivity contribution < 1.29 is 26.3 Å². The van der Waals surface area contributed by atoms with Crippen molar-refractivity contribution in [2.45, 2.75) is 12.4 Å². The third kappa shape index (κ3) is 3.12. The van der Waals surface area contributed by atoms with Crippen LogP contribution in [0.1, 0.15) is 11.1 Å². The average molecular weight is 294 g/mol. The van der Waals surface area contributed by atoms with Crippen LogP contribution in [0.4, 0.5) is 26.3 Å². The first-order valence-corrected chi connectivity index (χ1v) is 5.43. The van der Waals surface area contributed by atoms with Gasteiger partial charge < -0.3 is 5.32 Å². The van der Waals surface area contributed by atoms with Gasteiger partial charge in [-0.15, -0.1) is 0 Å². The molecule has 1 aromatic rings. The quantitative estimate of drug-likeness (QED) is 0.788. The Labute approximate surface area is 109 Å². The predicted molar refractivity (Wildman–Crippen MR) is 60.1 cm³/mol. The first-order valence-electron chi connectivity index (χ1n) is 5.43. The van der Waals surface area contributed by atoms with Crippen LogP contribution in [0.2, 0.25) is 0 Å². The molecule has 0 aliphatic carbocycles. The molecular formula is C12H8F6N2. The van der Waals surface area contributed by atoms with E-state index in [9.17, 15) is 26.3 Å². The number of nitrogens with one attached hydrogen (secondary N) is 1. The third-order valence-corrected chi connectivity index (χ3v) is 2.61. The molecule has 0 fully saturated rings. The summed E-state index contributed by atoms with van der Waals surface area (Å²) in [6.07, 6.45) is -8.26. The Balaban J connectivity index is 2.29. The van der Waals surface area contributed by atoms with Crippen LogP contribution >= 0.6 is 0 Å². The minimum Gasteiger partial charge on any atom is -0.362 e. The Morgan fingerprint density at radius 3 is 2.00 bits per heavy atom. The van der Waals surface area contributed by atoms with Gasteiger partial charge in [-0.3, -0.25) is 4.99 Å². The highest BCUT2D eigenvalue weighted by molar-refractivity contribution is 6.09. The van der Waals surface area contributed by atoms with Gasteiger partial charge in [-0.2, -0.15) is 26.3 Å². The molecule has 0 bridgehead atoms. The van der Waals surface area contributed by atoms with E-state index in [4.69, 9.17) is 0 Å². The number of hydrogen-bond donors (Lipinski definition) is 1. The Kier molecular flexibility index (Phi) is 3.49. The van der Waals surface area contributed by atoms with Crippen molar-refractivity contribution in [3.8, 4) is 0 Å². The van der Waals surface area contributed by atoms with Crippen molar-refractivity contribution >= 4 is 5.71 Å². The van der Waals surface area contributed by atoms with E-state index in [1.807, 2.05) is 0 Å². The summed E-state index contributed by atoms with van der Waals surface area (Å²) in [4.78, 5) is 3.80. The molecule has 2 nitrogen and oxygen atoms in total. The molecule has 1 aliphatic rings. The fourth-order valence-electron chi connectivity index (χ4n) is 1.63. The lowest BCUT2D eigenvalue weighted by Crippen LogP contribution is -2.30. The summed E-state index contributed by atoms with van der Waals surface area (Å²) in [6, 6.07) is 3.80. The fourth-order valence-corrected chi connectivity index (χ4v) is 1.63. The van der Waals surface area contributed by atoms with Gasteiger partial charge in [-0.05, 0) is 23.8 Å². The Hall–Kier alpha value is -1.99. The zero-order chi connectivity index (χ0) is 15.0. The van der Waals surface area contributed by atoms with E-state index in [0.717, 1.165) is 30.3 Å². The summed E-state index contributed by atoms with van der Waals surface area (Å²) < 4.78 is 74.7. The van der Waals surface area contributed by atoms with Crippen LogP contribution in [0.15, 0.2) is 41.0 Å². The van der Waals surface area contributed by atoms with Gasteiger partial charge in [-0.1, -0.05) is 12.1 Å². The normalized spacial score (nSPS) is 16.3. The first kappa shape index (κ1) is 14.4. The summed E-state index contributed by atoms with van der Waals surface area (Å²) in [5.41, 5.74) is -1.65. The topological polar surface area (TPSA) is 24.4 Å². The number of alkyl halides is 6. The van der Waals surface area contributed by atoms with E-state index < -0.39 is 23.6 Å². The summed E-state index contributed by atoms with van der Waals surface area (Å²) >= 11 is 0. The minimum atomic E-state index is -4.55. The number of benzene rings is 1. The zero-order valence-electron chi connectivity index (χ0n) is 9.81. The van der Waals surface area contributed by atoms with E-state index in [2.05, 4.69) is 10.3 Å². The van der Waals surface area contributed by atoms with Gasteiger partial charge in [0.05, 0.1) is 11.3 Å².